The highest BCUT2D eigenvalue weighted by Gasteiger charge is 2.44. The Hall–Kier alpha value is -1.81. The Morgan fingerprint density at radius 1 is 0.909 bits per heavy atom. The van der Waals surface area contributed by atoms with Crippen LogP contribution in [0.15, 0.2) is 30.3 Å². The first-order valence-electron chi connectivity index (χ1n) is 7.59. The van der Waals surface area contributed by atoms with Gasteiger partial charge in [0, 0.05) is 35.7 Å². The molecule has 4 heteroatoms. The first kappa shape index (κ1) is 13.8. The molecule has 2 aliphatic rings. The van der Waals surface area contributed by atoms with Crippen molar-refractivity contribution in [2.75, 3.05) is 6.54 Å². The van der Waals surface area contributed by atoms with Crippen molar-refractivity contribution in [1.29, 1.82) is 0 Å². The van der Waals surface area contributed by atoms with Crippen LogP contribution in [0, 0.1) is 17.5 Å². The van der Waals surface area contributed by atoms with Crippen LogP contribution in [0.3, 0.4) is 0 Å². The Morgan fingerprint density at radius 3 is 2.36 bits per heavy atom. The van der Waals surface area contributed by atoms with Gasteiger partial charge in [-0.05, 0) is 42.2 Å². The molecule has 22 heavy (non-hydrogen) atoms. The van der Waals surface area contributed by atoms with Crippen molar-refractivity contribution in [2.24, 2.45) is 0 Å². The molecule has 1 aliphatic carbocycles. The second-order valence-electron chi connectivity index (χ2n) is 6.31. The molecule has 1 aliphatic heterocycles. The third-order valence-corrected chi connectivity index (χ3v) is 5.09. The summed E-state index contributed by atoms with van der Waals surface area (Å²) >= 11 is 0. The Morgan fingerprint density at radius 2 is 1.68 bits per heavy atom. The molecule has 1 fully saturated rings. The largest absolute Gasteiger partial charge is 0.312 e. The third kappa shape index (κ3) is 1.90. The predicted molar refractivity (Wildman–Crippen MR) is 79.0 cm³/mol. The lowest BCUT2D eigenvalue weighted by Gasteiger charge is -2.47. The summed E-state index contributed by atoms with van der Waals surface area (Å²) in [7, 11) is 0. The van der Waals surface area contributed by atoms with Crippen molar-refractivity contribution in [2.45, 2.75) is 31.2 Å². The van der Waals surface area contributed by atoms with E-state index in [9.17, 15) is 13.2 Å². The van der Waals surface area contributed by atoms with Gasteiger partial charge >= 0.3 is 0 Å². The van der Waals surface area contributed by atoms with Gasteiger partial charge in [0.15, 0.2) is 0 Å². The second kappa shape index (κ2) is 4.85. The lowest BCUT2D eigenvalue weighted by molar-refractivity contribution is 0.211. The Kier molecular flexibility index (Phi) is 3.05. The molecule has 0 atom stereocenters. The molecular formula is C18H16F3N. The Labute approximate surface area is 127 Å². The van der Waals surface area contributed by atoms with Crippen molar-refractivity contribution in [3.8, 4) is 11.1 Å². The highest BCUT2D eigenvalue weighted by molar-refractivity contribution is 5.71. The van der Waals surface area contributed by atoms with Crippen molar-refractivity contribution in [1.82, 2.24) is 5.32 Å². The second-order valence-corrected chi connectivity index (χ2v) is 6.31. The molecule has 2 aromatic carbocycles. The summed E-state index contributed by atoms with van der Waals surface area (Å²) in [6.45, 7) is 1.28. The minimum Gasteiger partial charge on any atom is -0.312 e. The summed E-state index contributed by atoms with van der Waals surface area (Å²) in [5, 5.41) is 3.34. The van der Waals surface area contributed by atoms with Crippen LogP contribution in [0.2, 0.25) is 0 Å². The van der Waals surface area contributed by atoms with E-state index in [2.05, 4.69) is 5.32 Å². The van der Waals surface area contributed by atoms with Crippen molar-refractivity contribution < 1.29 is 13.2 Å². The van der Waals surface area contributed by atoms with Crippen LogP contribution in [0.25, 0.3) is 11.1 Å². The quantitative estimate of drug-likeness (QED) is 0.828. The van der Waals surface area contributed by atoms with Crippen LogP contribution in [-0.2, 0) is 12.0 Å². The highest BCUT2D eigenvalue weighted by Crippen LogP contribution is 2.49. The molecule has 1 heterocycles. The van der Waals surface area contributed by atoms with Crippen LogP contribution in [0.1, 0.15) is 30.4 Å². The first-order valence-corrected chi connectivity index (χ1v) is 7.59. The molecule has 114 valence electrons. The fourth-order valence-electron chi connectivity index (χ4n) is 3.88. The van der Waals surface area contributed by atoms with Crippen LogP contribution < -0.4 is 5.32 Å². The van der Waals surface area contributed by atoms with Gasteiger partial charge in [0.2, 0.25) is 0 Å². The molecule has 0 amide bonds. The van der Waals surface area contributed by atoms with Crippen LogP contribution in [0.5, 0.6) is 0 Å². The standard InChI is InChI=1S/C18H16F3N/c19-11-2-3-13(16(21)8-11)12-4-5-15(20)17-14(12)9-22-10-18(17)6-1-7-18/h2-5,8,22H,1,6-7,9-10H2. The van der Waals surface area contributed by atoms with Crippen molar-refractivity contribution in [3.63, 3.8) is 0 Å². The summed E-state index contributed by atoms with van der Waals surface area (Å²) in [6.07, 6.45) is 3.01. The summed E-state index contributed by atoms with van der Waals surface area (Å²) in [4.78, 5) is 0. The molecule has 0 unspecified atom stereocenters. The topological polar surface area (TPSA) is 12.0 Å². The summed E-state index contributed by atoms with van der Waals surface area (Å²) in [5.74, 6) is -1.42. The van der Waals surface area contributed by atoms with E-state index in [4.69, 9.17) is 0 Å². The van der Waals surface area contributed by atoms with Gasteiger partial charge in [0.25, 0.3) is 0 Å². The molecule has 0 saturated heterocycles. The summed E-state index contributed by atoms with van der Waals surface area (Å²) < 4.78 is 41.7. The zero-order valence-corrected chi connectivity index (χ0v) is 12.1. The Balaban J connectivity index is 1.94. The van der Waals surface area contributed by atoms with Crippen molar-refractivity contribution in [3.05, 3.63) is 58.9 Å². The van der Waals surface area contributed by atoms with Gasteiger partial charge < -0.3 is 5.32 Å². The summed E-state index contributed by atoms with van der Waals surface area (Å²) in [5.41, 5.74) is 2.39. The van der Waals surface area contributed by atoms with Gasteiger partial charge in [0.05, 0.1) is 0 Å². The maximum Gasteiger partial charge on any atom is 0.133 e. The fraction of sp³-hybridized carbons (Fsp3) is 0.333. The van der Waals surface area contributed by atoms with E-state index in [1.54, 1.807) is 6.07 Å². The van der Waals surface area contributed by atoms with E-state index in [0.717, 1.165) is 43.0 Å². The fourth-order valence-corrected chi connectivity index (χ4v) is 3.88. The molecule has 1 spiro atoms. The van der Waals surface area contributed by atoms with Gasteiger partial charge in [-0.3, -0.25) is 0 Å². The molecule has 4 rings (SSSR count). The van der Waals surface area contributed by atoms with Gasteiger partial charge in [-0.25, -0.2) is 13.2 Å². The maximum atomic E-state index is 14.5. The van der Waals surface area contributed by atoms with E-state index in [1.807, 2.05) is 0 Å². The smallest absolute Gasteiger partial charge is 0.133 e. The average molecular weight is 303 g/mol. The zero-order valence-electron chi connectivity index (χ0n) is 12.1. The number of nitrogens with one attached hydrogen (secondary N) is 1. The molecule has 1 nitrogen and oxygen atoms in total. The molecule has 2 aromatic rings. The van der Waals surface area contributed by atoms with E-state index >= 15 is 0 Å². The SMILES string of the molecule is Fc1ccc(-c2ccc(F)c3c2CNCC32CCC2)c(F)c1. The number of fused-ring (bicyclic) bond motifs is 2. The maximum absolute atomic E-state index is 14.5. The molecule has 0 radical (unpaired) electrons. The lowest BCUT2D eigenvalue weighted by Crippen LogP contribution is -2.48. The van der Waals surface area contributed by atoms with E-state index in [1.165, 1.54) is 18.2 Å². The highest BCUT2D eigenvalue weighted by atomic mass is 19.1. The number of rotatable bonds is 1. The van der Waals surface area contributed by atoms with Crippen LogP contribution in [0.4, 0.5) is 13.2 Å². The zero-order chi connectivity index (χ0) is 15.3. The van der Waals surface area contributed by atoms with Crippen molar-refractivity contribution >= 4 is 0 Å². The van der Waals surface area contributed by atoms with Gasteiger partial charge in [0.1, 0.15) is 17.5 Å². The van der Waals surface area contributed by atoms with Gasteiger partial charge in [-0.2, -0.15) is 0 Å². The average Bonchev–Trinajstić information content (AvgIpc) is 2.46. The first-order chi connectivity index (χ1) is 10.6. The van der Waals surface area contributed by atoms with E-state index in [-0.39, 0.29) is 11.2 Å². The minimum absolute atomic E-state index is 0.149. The molecular weight excluding hydrogens is 287 g/mol. The number of benzene rings is 2. The van der Waals surface area contributed by atoms with E-state index < -0.39 is 11.6 Å². The predicted octanol–water partition coefficient (Wildman–Crippen LogP) is 4.30. The minimum atomic E-state index is -0.609. The molecule has 1 saturated carbocycles. The van der Waals surface area contributed by atoms with E-state index in [0.29, 0.717) is 17.7 Å². The van der Waals surface area contributed by atoms with Crippen LogP contribution in [-0.4, -0.2) is 6.54 Å². The number of halogens is 3. The van der Waals surface area contributed by atoms with Gasteiger partial charge in [-0.1, -0.05) is 12.5 Å². The summed E-state index contributed by atoms with van der Waals surface area (Å²) in [6, 6.07) is 6.57. The molecule has 0 aromatic heterocycles. The Bertz CT molecular complexity index is 750. The molecule has 0 bridgehead atoms. The van der Waals surface area contributed by atoms with Crippen LogP contribution >= 0.6 is 0 Å². The third-order valence-electron chi connectivity index (χ3n) is 5.09. The monoisotopic (exact) mass is 303 g/mol. The van der Waals surface area contributed by atoms with Gasteiger partial charge in [-0.15, -0.1) is 0 Å². The normalized spacial score (nSPS) is 18.9. The lowest BCUT2D eigenvalue weighted by atomic mass is 9.61. The number of hydrogen-bond acceptors (Lipinski definition) is 1. The molecule has 1 N–H and O–H groups in total. The number of hydrogen-bond donors (Lipinski definition) is 1.